The molecule has 0 atom stereocenters. The van der Waals surface area contributed by atoms with Crippen LogP contribution in [0.5, 0.6) is 0 Å². The summed E-state index contributed by atoms with van der Waals surface area (Å²) in [6.07, 6.45) is 11.5. The van der Waals surface area contributed by atoms with Crippen LogP contribution >= 0.6 is 0 Å². The van der Waals surface area contributed by atoms with E-state index in [-0.39, 0.29) is 0 Å². The van der Waals surface area contributed by atoms with Crippen LogP contribution < -0.4 is 10.2 Å². The van der Waals surface area contributed by atoms with E-state index in [0.717, 1.165) is 5.41 Å². The van der Waals surface area contributed by atoms with Crippen LogP contribution in [-0.4, -0.2) is 20.1 Å². The zero-order chi connectivity index (χ0) is 14.9. The molecule has 1 N–H and O–H groups in total. The maximum atomic E-state index is 3.80. The van der Waals surface area contributed by atoms with Gasteiger partial charge in [0.1, 0.15) is 0 Å². The van der Waals surface area contributed by atoms with Crippen LogP contribution in [0.15, 0.2) is 18.2 Å². The molecule has 2 fully saturated rings. The Morgan fingerprint density at radius 2 is 1.71 bits per heavy atom. The van der Waals surface area contributed by atoms with E-state index in [1.807, 2.05) is 0 Å². The van der Waals surface area contributed by atoms with Gasteiger partial charge in [0, 0.05) is 31.5 Å². The maximum absolute atomic E-state index is 3.80. The first-order valence-electron chi connectivity index (χ1n) is 8.63. The fourth-order valence-corrected chi connectivity index (χ4v) is 4.31. The number of aryl methyl sites for hydroxylation is 1. The molecule has 2 heteroatoms. The molecule has 0 aliphatic heterocycles. The summed E-state index contributed by atoms with van der Waals surface area (Å²) in [6.45, 7) is 2.22. The van der Waals surface area contributed by atoms with Gasteiger partial charge in [0.15, 0.2) is 0 Å². The highest BCUT2D eigenvalue weighted by molar-refractivity contribution is 5.60. The molecule has 0 heterocycles. The van der Waals surface area contributed by atoms with E-state index >= 15 is 0 Å². The summed E-state index contributed by atoms with van der Waals surface area (Å²) in [7, 11) is 4.20. The van der Waals surface area contributed by atoms with E-state index in [1.165, 1.54) is 68.3 Å². The van der Waals surface area contributed by atoms with Crippen LogP contribution in [0.1, 0.15) is 56.9 Å². The van der Waals surface area contributed by atoms with E-state index < -0.39 is 0 Å². The highest BCUT2D eigenvalue weighted by atomic mass is 15.1. The van der Waals surface area contributed by atoms with Crippen molar-refractivity contribution >= 4 is 11.4 Å². The largest absolute Gasteiger partial charge is 0.382 e. The van der Waals surface area contributed by atoms with Crippen molar-refractivity contribution in [1.29, 1.82) is 0 Å². The zero-order valence-corrected chi connectivity index (χ0v) is 13.9. The fraction of sp³-hybridized carbons (Fsp3) is 0.684. The van der Waals surface area contributed by atoms with E-state index in [1.54, 1.807) is 0 Å². The summed E-state index contributed by atoms with van der Waals surface area (Å²) < 4.78 is 0. The van der Waals surface area contributed by atoms with Crippen LogP contribution in [0.2, 0.25) is 0 Å². The predicted octanol–water partition coefficient (Wildman–Crippen LogP) is 4.98. The molecule has 0 radical (unpaired) electrons. The second kappa shape index (κ2) is 5.90. The quantitative estimate of drug-likeness (QED) is 0.843. The molecule has 0 aromatic heterocycles. The average molecular weight is 286 g/mol. The van der Waals surface area contributed by atoms with Gasteiger partial charge in [-0.2, -0.15) is 0 Å². The Morgan fingerprint density at radius 3 is 2.29 bits per heavy atom. The minimum Gasteiger partial charge on any atom is -0.382 e. The lowest BCUT2D eigenvalue weighted by Crippen LogP contribution is -2.31. The van der Waals surface area contributed by atoms with Gasteiger partial charge >= 0.3 is 0 Å². The molecule has 21 heavy (non-hydrogen) atoms. The van der Waals surface area contributed by atoms with Gasteiger partial charge < -0.3 is 10.2 Å². The number of anilines is 2. The van der Waals surface area contributed by atoms with Crippen LogP contribution in [-0.2, 0) is 0 Å². The molecule has 2 nitrogen and oxygen atoms in total. The standard InChI is InChI=1S/C19H30N2/c1-15-14-17(21(2)3)6-7-18(15)20-16-8-12-19(13-9-16)10-4-5-11-19/h6-7,14,16,20H,4-5,8-13H2,1-3H3. The molecule has 116 valence electrons. The normalized spacial score (nSPS) is 21.7. The van der Waals surface area contributed by atoms with Crippen molar-refractivity contribution in [3.63, 3.8) is 0 Å². The maximum Gasteiger partial charge on any atom is 0.0373 e. The Balaban J connectivity index is 1.60. The molecule has 0 unspecified atom stereocenters. The Morgan fingerprint density at radius 1 is 1.05 bits per heavy atom. The van der Waals surface area contributed by atoms with Gasteiger partial charge in [0.2, 0.25) is 0 Å². The summed E-state index contributed by atoms with van der Waals surface area (Å²) in [5, 5.41) is 3.80. The van der Waals surface area contributed by atoms with E-state index in [9.17, 15) is 0 Å². The number of benzene rings is 1. The van der Waals surface area contributed by atoms with E-state index in [0.29, 0.717) is 6.04 Å². The summed E-state index contributed by atoms with van der Waals surface area (Å²) in [4.78, 5) is 2.17. The Bertz CT molecular complexity index is 476. The van der Waals surface area contributed by atoms with Crippen molar-refractivity contribution < 1.29 is 0 Å². The van der Waals surface area contributed by atoms with E-state index in [4.69, 9.17) is 0 Å². The number of hydrogen-bond donors (Lipinski definition) is 1. The van der Waals surface area contributed by atoms with Crippen molar-refractivity contribution in [1.82, 2.24) is 0 Å². The van der Waals surface area contributed by atoms with Crippen LogP contribution in [0.4, 0.5) is 11.4 Å². The number of nitrogens with one attached hydrogen (secondary N) is 1. The molecular formula is C19H30N2. The van der Waals surface area contributed by atoms with Gasteiger partial charge in [-0.1, -0.05) is 12.8 Å². The minimum absolute atomic E-state index is 0.681. The predicted molar refractivity (Wildman–Crippen MR) is 92.3 cm³/mol. The summed E-state index contributed by atoms with van der Waals surface area (Å²) in [5.74, 6) is 0. The van der Waals surface area contributed by atoms with Crippen molar-refractivity contribution in [2.24, 2.45) is 5.41 Å². The number of nitrogens with zero attached hydrogens (tertiary/aromatic N) is 1. The average Bonchev–Trinajstić information content (AvgIpc) is 2.92. The topological polar surface area (TPSA) is 15.3 Å². The minimum atomic E-state index is 0.681. The molecule has 2 saturated carbocycles. The molecule has 0 amide bonds. The first-order valence-corrected chi connectivity index (χ1v) is 8.63. The molecule has 0 bridgehead atoms. The van der Waals surface area contributed by atoms with E-state index in [2.05, 4.69) is 49.4 Å². The zero-order valence-electron chi connectivity index (χ0n) is 13.9. The SMILES string of the molecule is Cc1cc(N(C)C)ccc1NC1CCC2(CCCC2)CC1. The molecule has 0 saturated heterocycles. The Hall–Kier alpha value is -1.18. The number of hydrogen-bond acceptors (Lipinski definition) is 2. The number of rotatable bonds is 3. The van der Waals surface area contributed by atoms with Crippen LogP contribution in [0.25, 0.3) is 0 Å². The Labute approximate surface area is 129 Å². The third-order valence-electron chi connectivity index (χ3n) is 5.80. The van der Waals surface area contributed by atoms with Gasteiger partial charge in [-0.25, -0.2) is 0 Å². The molecule has 1 spiro atoms. The highest BCUT2D eigenvalue weighted by Crippen LogP contribution is 2.49. The second-order valence-corrected chi connectivity index (χ2v) is 7.52. The monoisotopic (exact) mass is 286 g/mol. The summed E-state index contributed by atoms with van der Waals surface area (Å²) in [5.41, 5.74) is 4.71. The highest BCUT2D eigenvalue weighted by Gasteiger charge is 2.37. The third-order valence-corrected chi connectivity index (χ3v) is 5.80. The molecule has 3 rings (SSSR count). The second-order valence-electron chi connectivity index (χ2n) is 7.52. The summed E-state index contributed by atoms with van der Waals surface area (Å²) in [6, 6.07) is 7.44. The van der Waals surface area contributed by atoms with Crippen LogP contribution in [0, 0.1) is 12.3 Å². The molecule has 2 aliphatic carbocycles. The lowest BCUT2D eigenvalue weighted by Gasteiger charge is -2.38. The molecule has 2 aliphatic rings. The van der Waals surface area contributed by atoms with Crippen molar-refractivity contribution in [2.45, 2.75) is 64.3 Å². The lowest BCUT2D eigenvalue weighted by molar-refractivity contribution is 0.188. The molecule has 1 aromatic rings. The smallest absolute Gasteiger partial charge is 0.0373 e. The lowest BCUT2D eigenvalue weighted by atomic mass is 9.71. The summed E-state index contributed by atoms with van der Waals surface area (Å²) >= 11 is 0. The fourth-order valence-electron chi connectivity index (χ4n) is 4.31. The Kier molecular flexibility index (Phi) is 4.14. The first kappa shape index (κ1) is 14.7. The van der Waals surface area contributed by atoms with Crippen molar-refractivity contribution in [3.8, 4) is 0 Å². The third kappa shape index (κ3) is 3.20. The molecular weight excluding hydrogens is 256 g/mol. The van der Waals surface area contributed by atoms with Gasteiger partial charge in [0.25, 0.3) is 0 Å². The van der Waals surface area contributed by atoms with Gasteiger partial charge in [-0.3, -0.25) is 0 Å². The van der Waals surface area contributed by atoms with Crippen molar-refractivity contribution in [2.75, 3.05) is 24.3 Å². The first-order chi connectivity index (χ1) is 10.1. The van der Waals surface area contributed by atoms with Crippen LogP contribution in [0.3, 0.4) is 0 Å². The van der Waals surface area contributed by atoms with Crippen molar-refractivity contribution in [3.05, 3.63) is 23.8 Å². The van der Waals surface area contributed by atoms with Gasteiger partial charge in [0.05, 0.1) is 0 Å². The van der Waals surface area contributed by atoms with Gasteiger partial charge in [-0.15, -0.1) is 0 Å². The van der Waals surface area contributed by atoms with Gasteiger partial charge in [-0.05, 0) is 74.6 Å². The molecule has 1 aromatic carbocycles.